The highest BCUT2D eigenvalue weighted by Gasteiger charge is 2.40. The van der Waals surface area contributed by atoms with Gasteiger partial charge in [-0.05, 0) is 131 Å². The summed E-state index contributed by atoms with van der Waals surface area (Å²) < 4.78 is 0. The lowest BCUT2D eigenvalue weighted by Crippen LogP contribution is -2.44. The molecule has 4 aliphatic rings. The molecule has 0 radical (unpaired) electrons. The first-order chi connectivity index (χ1) is 35.3. The summed E-state index contributed by atoms with van der Waals surface area (Å²) in [6.07, 6.45) is 1.79. The highest BCUT2D eigenvalue weighted by Crippen LogP contribution is 2.49. The van der Waals surface area contributed by atoms with Crippen LogP contribution in [0.1, 0.15) is 130 Å². The summed E-state index contributed by atoms with van der Waals surface area (Å²) in [5.41, 5.74) is 3.34. The van der Waals surface area contributed by atoms with Gasteiger partial charge >= 0.3 is 0 Å². The Hall–Kier alpha value is -8.64. The maximum atomic E-state index is 14.5. The van der Waals surface area contributed by atoms with Gasteiger partial charge in [-0.15, -0.1) is 0 Å². The lowest BCUT2D eigenvalue weighted by Gasteiger charge is -2.32. The predicted molar refractivity (Wildman–Crippen MR) is 280 cm³/mol. The van der Waals surface area contributed by atoms with Crippen molar-refractivity contribution in [1.29, 1.82) is 0 Å². The standard InChI is InChI=1S/C61H44N4O8/c1-5-28(3)26-64-58(70)42-20-12-34-30-8-16-38-50-39(17-9-31(46(30)50)35-13-21-43(59(64)71)52(42)48(34)35)55(67)62(54(38)66)24-7-25-63-56(68)40-18-10-32-36-14-22-44-53-45(61(73)65(60(44)72)27-29(4)6-2)23-15-37(49(36)53)33-11-19-41(57(63)69)51(40)47(32)33/h8-23,28-29H,5-7,24-27H2,1-4H3. The second-order valence-electron chi connectivity index (χ2n) is 20.6. The van der Waals surface area contributed by atoms with Crippen molar-refractivity contribution in [2.75, 3.05) is 26.2 Å². The smallest absolute Gasteiger partial charge is 0.261 e. The van der Waals surface area contributed by atoms with Gasteiger partial charge in [0.1, 0.15) is 0 Å². The van der Waals surface area contributed by atoms with E-state index in [2.05, 4.69) is 0 Å². The van der Waals surface area contributed by atoms with E-state index in [1.807, 2.05) is 76.2 Å². The molecule has 0 aromatic heterocycles. The molecule has 0 bridgehead atoms. The zero-order valence-electron chi connectivity index (χ0n) is 40.4. The first kappa shape index (κ1) is 43.2. The topological polar surface area (TPSA) is 150 Å². The molecule has 12 nitrogen and oxygen atoms in total. The summed E-state index contributed by atoms with van der Waals surface area (Å²) in [7, 11) is 0. The molecule has 4 heterocycles. The van der Waals surface area contributed by atoms with Gasteiger partial charge in [0.05, 0.1) is 0 Å². The molecule has 0 spiro atoms. The van der Waals surface area contributed by atoms with E-state index < -0.39 is 23.6 Å². The minimum Gasteiger partial charge on any atom is -0.274 e. The summed E-state index contributed by atoms with van der Waals surface area (Å²) in [5, 5.41) is 11.8. The summed E-state index contributed by atoms with van der Waals surface area (Å²) >= 11 is 0. The molecule has 12 heteroatoms. The van der Waals surface area contributed by atoms with Crippen LogP contribution >= 0.6 is 0 Å². The Labute approximate surface area is 416 Å². The average molecular weight is 961 g/mol. The third kappa shape index (κ3) is 5.44. The van der Waals surface area contributed by atoms with Crippen molar-refractivity contribution in [2.45, 2.75) is 47.0 Å². The zero-order valence-corrected chi connectivity index (χ0v) is 40.4. The fourth-order valence-corrected chi connectivity index (χ4v) is 12.7. The van der Waals surface area contributed by atoms with E-state index in [0.29, 0.717) is 79.1 Å². The van der Waals surface area contributed by atoms with Gasteiger partial charge in [-0.2, -0.15) is 0 Å². The van der Waals surface area contributed by atoms with Crippen LogP contribution in [0.15, 0.2) is 97.1 Å². The summed E-state index contributed by atoms with van der Waals surface area (Å²) in [6.45, 7) is 8.69. The monoisotopic (exact) mass is 960 g/mol. The molecule has 0 N–H and O–H groups in total. The van der Waals surface area contributed by atoms with Crippen LogP contribution in [0.4, 0.5) is 0 Å². The fourth-order valence-electron chi connectivity index (χ4n) is 12.7. The van der Waals surface area contributed by atoms with E-state index in [0.717, 1.165) is 77.5 Å². The zero-order chi connectivity index (χ0) is 50.2. The maximum Gasteiger partial charge on any atom is 0.261 e. The minimum absolute atomic E-state index is 0.0473. The van der Waals surface area contributed by atoms with E-state index in [1.165, 1.54) is 19.6 Å². The van der Waals surface area contributed by atoms with Crippen molar-refractivity contribution in [2.24, 2.45) is 11.8 Å². The number of carbonyl (C=O) groups excluding carboxylic acids is 8. The van der Waals surface area contributed by atoms with Crippen molar-refractivity contribution in [3.8, 4) is 0 Å². The molecule has 8 amide bonds. The molecule has 0 saturated heterocycles. The number of amides is 8. The molecule has 10 aromatic carbocycles. The molecular weight excluding hydrogens is 917 g/mol. The molecule has 0 fully saturated rings. The molecule has 4 aliphatic heterocycles. The number of nitrogens with zero attached hydrogens (tertiary/aromatic N) is 4. The number of benzene rings is 10. The summed E-state index contributed by atoms with van der Waals surface area (Å²) in [5.74, 6) is -2.87. The van der Waals surface area contributed by atoms with E-state index >= 15 is 0 Å². The second kappa shape index (κ2) is 15.0. The largest absolute Gasteiger partial charge is 0.274 e. The van der Waals surface area contributed by atoms with Crippen LogP contribution in [-0.4, -0.2) is 93.0 Å². The van der Waals surface area contributed by atoms with Gasteiger partial charge in [0, 0.05) is 92.2 Å². The third-order valence-electron chi connectivity index (χ3n) is 16.8. The highest BCUT2D eigenvalue weighted by molar-refractivity contribution is 6.43. The van der Waals surface area contributed by atoms with Crippen molar-refractivity contribution >= 4 is 133 Å². The number of fused-ring (bicyclic) bond motifs is 4. The second-order valence-corrected chi connectivity index (χ2v) is 20.6. The Morgan fingerprint density at radius 3 is 0.671 bits per heavy atom. The minimum atomic E-state index is -0.478. The van der Waals surface area contributed by atoms with Crippen LogP contribution in [0.5, 0.6) is 0 Å². The molecule has 0 saturated carbocycles. The molecule has 73 heavy (non-hydrogen) atoms. The van der Waals surface area contributed by atoms with Crippen molar-refractivity contribution in [3.05, 3.63) is 142 Å². The van der Waals surface area contributed by atoms with Gasteiger partial charge in [0.2, 0.25) is 0 Å². The fraction of sp³-hybridized carbons (Fsp3) is 0.213. The van der Waals surface area contributed by atoms with Gasteiger partial charge in [-0.25, -0.2) is 0 Å². The predicted octanol–water partition coefficient (Wildman–Crippen LogP) is 11.4. The Morgan fingerprint density at radius 2 is 0.479 bits per heavy atom. The Morgan fingerprint density at radius 1 is 0.288 bits per heavy atom. The quantitative estimate of drug-likeness (QED) is 0.0747. The SMILES string of the molecule is CCC(C)CN1C(=O)c2ccc3c4ccc5c6c(ccc(c7ccc(c2c37)C1=O)c64)C(=O)N(CCCN1C(=O)c2ccc3c4ccc6c7c(ccc(c8ccc(c2c38)C1=O)c74)C(=O)N(CC(C)CC)C6=O)C5=O. The Kier molecular flexibility index (Phi) is 8.84. The number of imide groups is 4. The molecule has 14 rings (SSSR count). The number of hydrogen-bond donors (Lipinski definition) is 0. The van der Waals surface area contributed by atoms with Crippen LogP contribution in [0.25, 0.3) is 86.2 Å². The van der Waals surface area contributed by atoms with Crippen molar-refractivity contribution in [1.82, 2.24) is 19.6 Å². The van der Waals surface area contributed by atoms with Crippen LogP contribution in [0.2, 0.25) is 0 Å². The van der Waals surface area contributed by atoms with E-state index in [1.54, 1.807) is 48.5 Å². The Bertz CT molecular complexity index is 3830. The molecule has 10 aromatic rings. The molecule has 356 valence electrons. The first-order valence-corrected chi connectivity index (χ1v) is 25.2. The van der Waals surface area contributed by atoms with Crippen LogP contribution < -0.4 is 0 Å². The lowest BCUT2D eigenvalue weighted by molar-refractivity contribution is 0.0560. The first-order valence-electron chi connectivity index (χ1n) is 25.2. The lowest BCUT2D eigenvalue weighted by atomic mass is 9.82. The normalized spacial score (nSPS) is 16.6. The average Bonchev–Trinajstić information content (AvgIpc) is 3.41. The van der Waals surface area contributed by atoms with Gasteiger partial charge < -0.3 is 0 Å². The van der Waals surface area contributed by atoms with Gasteiger partial charge in [-0.3, -0.25) is 58.0 Å². The highest BCUT2D eigenvalue weighted by atomic mass is 16.2. The van der Waals surface area contributed by atoms with Crippen molar-refractivity contribution in [3.63, 3.8) is 0 Å². The van der Waals surface area contributed by atoms with E-state index in [-0.39, 0.29) is 55.0 Å². The third-order valence-corrected chi connectivity index (χ3v) is 16.8. The van der Waals surface area contributed by atoms with Gasteiger partial charge in [0.15, 0.2) is 0 Å². The van der Waals surface area contributed by atoms with Crippen LogP contribution in [-0.2, 0) is 0 Å². The molecule has 2 atom stereocenters. The van der Waals surface area contributed by atoms with E-state index in [4.69, 9.17) is 0 Å². The summed E-state index contributed by atoms with van der Waals surface area (Å²) in [6, 6.07) is 29.2. The number of carbonyl (C=O) groups is 8. The Balaban J connectivity index is 0.773. The summed E-state index contributed by atoms with van der Waals surface area (Å²) in [4.78, 5) is 119. The van der Waals surface area contributed by atoms with E-state index in [9.17, 15) is 38.4 Å². The molecule has 2 unspecified atom stereocenters. The molecular formula is C61H44N4O8. The number of rotatable bonds is 10. The van der Waals surface area contributed by atoms with Crippen LogP contribution in [0.3, 0.4) is 0 Å². The number of hydrogen-bond acceptors (Lipinski definition) is 8. The van der Waals surface area contributed by atoms with Crippen molar-refractivity contribution < 1.29 is 38.4 Å². The van der Waals surface area contributed by atoms with Gasteiger partial charge in [0.25, 0.3) is 47.3 Å². The molecule has 0 aliphatic carbocycles. The van der Waals surface area contributed by atoms with Crippen LogP contribution in [0, 0.1) is 11.8 Å². The van der Waals surface area contributed by atoms with Gasteiger partial charge in [-0.1, -0.05) is 89.1 Å². The maximum absolute atomic E-state index is 14.5.